The van der Waals surface area contributed by atoms with Crippen molar-refractivity contribution < 1.29 is 14.1 Å². The molecule has 1 aromatic carbocycles. The van der Waals surface area contributed by atoms with Crippen molar-refractivity contribution in [2.75, 3.05) is 6.54 Å². The first-order chi connectivity index (χ1) is 9.81. The Morgan fingerprint density at radius 2 is 2.29 bits per heavy atom. The molecule has 114 valence electrons. The van der Waals surface area contributed by atoms with Gasteiger partial charge in [0.1, 0.15) is 11.4 Å². The molecule has 1 N–H and O–H groups in total. The molecule has 0 bridgehead atoms. The van der Waals surface area contributed by atoms with Gasteiger partial charge in [0, 0.05) is 18.6 Å². The van der Waals surface area contributed by atoms with Gasteiger partial charge in [-0.2, -0.15) is 5.26 Å². The highest BCUT2D eigenvalue weighted by atomic mass is 19.1. The number of nitro benzene ring substituents is 1. The monoisotopic (exact) mass is 295 g/mol. The smallest absolute Gasteiger partial charge is 0.311 e. The minimum atomic E-state index is -0.809. The number of nitriles is 1. The van der Waals surface area contributed by atoms with Gasteiger partial charge in [-0.15, -0.1) is 0 Å². The molecule has 0 heterocycles. The lowest BCUT2D eigenvalue weighted by Gasteiger charge is -2.26. The Kier molecular flexibility index (Phi) is 5.61. The Bertz CT molecular complexity index is 559. The molecular weight excluding hydrogens is 277 g/mol. The second-order valence-corrected chi connectivity index (χ2v) is 4.98. The van der Waals surface area contributed by atoms with Gasteiger partial charge >= 0.3 is 5.69 Å². The fourth-order valence-corrected chi connectivity index (χ4v) is 2.11. The van der Waals surface area contributed by atoms with Crippen LogP contribution in [0.25, 0.3) is 0 Å². The zero-order chi connectivity index (χ0) is 16.0. The molecule has 1 rings (SSSR count). The number of ether oxygens (including phenoxy) is 1. The third kappa shape index (κ3) is 4.68. The summed E-state index contributed by atoms with van der Waals surface area (Å²) < 4.78 is 18.7. The fraction of sp³-hybridized carbons (Fsp3) is 0.500. The Balaban J connectivity index is 2.88. The predicted molar refractivity (Wildman–Crippen MR) is 75.5 cm³/mol. The number of hydrogen-bond acceptors (Lipinski definition) is 5. The van der Waals surface area contributed by atoms with E-state index in [-0.39, 0.29) is 11.4 Å². The quantitative estimate of drug-likeness (QED) is 0.617. The molecule has 0 radical (unpaired) electrons. The summed E-state index contributed by atoms with van der Waals surface area (Å²) in [6, 6.07) is 5.19. The summed E-state index contributed by atoms with van der Waals surface area (Å²) in [6.45, 7) is 5.88. The Morgan fingerprint density at radius 3 is 2.81 bits per heavy atom. The molecule has 0 amide bonds. The van der Waals surface area contributed by atoms with Crippen LogP contribution in [0.15, 0.2) is 18.2 Å². The number of hydrogen-bond donors (Lipinski definition) is 1. The molecule has 6 nitrogen and oxygen atoms in total. The molecular formula is C14H18FN3O3. The molecule has 0 aliphatic rings. The van der Waals surface area contributed by atoms with Gasteiger partial charge in [0.05, 0.1) is 17.1 Å². The minimum absolute atomic E-state index is 0.135. The third-order valence-corrected chi connectivity index (χ3v) is 2.96. The van der Waals surface area contributed by atoms with Gasteiger partial charge in [-0.25, -0.2) is 4.39 Å². The lowest BCUT2D eigenvalue weighted by atomic mass is 9.96. The molecule has 0 aliphatic carbocycles. The highest BCUT2D eigenvalue weighted by Gasteiger charge is 2.27. The number of rotatable bonds is 7. The Hall–Kier alpha value is -2.20. The van der Waals surface area contributed by atoms with Gasteiger partial charge in [0.15, 0.2) is 5.75 Å². The van der Waals surface area contributed by atoms with E-state index in [1.54, 1.807) is 13.8 Å². The zero-order valence-corrected chi connectivity index (χ0v) is 12.2. The summed E-state index contributed by atoms with van der Waals surface area (Å²) >= 11 is 0. The lowest BCUT2D eigenvalue weighted by molar-refractivity contribution is -0.386. The number of benzene rings is 1. The molecule has 1 aromatic rings. The molecule has 0 saturated heterocycles. The van der Waals surface area contributed by atoms with Gasteiger partial charge < -0.3 is 4.74 Å². The first-order valence-electron chi connectivity index (χ1n) is 6.58. The average molecular weight is 295 g/mol. The van der Waals surface area contributed by atoms with E-state index in [0.717, 1.165) is 18.2 Å². The first-order valence-corrected chi connectivity index (χ1v) is 6.58. The van der Waals surface area contributed by atoms with Crippen molar-refractivity contribution in [3.05, 3.63) is 34.1 Å². The van der Waals surface area contributed by atoms with Crippen LogP contribution in [0.4, 0.5) is 10.1 Å². The molecule has 0 aromatic heterocycles. The highest BCUT2D eigenvalue weighted by molar-refractivity contribution is 5.46. The summed E-state index contributed by atoms with van der Waals surface area (Å²) in [4.78, 5) is 10.3. The van der Waals surface area contributed by atoms with Gasteiger partial charge in [0.2, 0.25) is 0 Å². The van der Waals surface area contributed by atoms with E-state index < -0.39 is 22.4 Å². The van der Waals surface area contributed by atoms with Crippen LogP contribution in [-0.2, 0) is 0 Å². The summed E-state index contributed by atoms with van der Waals surface area (Å²) in [7, 11) is 0. The molecule has 0 aliphatic heterocycles. The van der Waals surface area contributed by atoms with Crippen molar-refractivity contribution >= 4 is 5.69 Å². The number of nitrogens with zero attached hydrogens (tertiary/aromatic N) is 2. The van der Waals surface area contributed by atoms with Crippen molar-refractivity contribution in [1.29, 1.82) is 5.26 Å². The van der Waals surface area contributed by atoms with E-state index in [1.807, 2.05) is 6.92 Å². The summed E-state index contributed by atoms with van der Waals surface area (Å²) in [5.41, 5.74) is -1.11. The van der Waals surface area contributed by atoms with Crippen molar-refractivity contribution in [3.63, 3.8) is 0 Å². The maximum absolute atomic E-state index is 13.2. The molecule has 0 fully saturated rings. The summed E-state index contributed by atoms with van der Waals surface area (Å²) in [5.74, 6) is -0.748. The fourth-order valence-electron chi connectivity index (χ4n) is 2.11. The number of nitrogens with one attached hydrogen (secondary N) is 1. The Labute approximate surface area is 122 Å². The highest BCUT2D eigenvalue weighted by Crippen LogP contribution is 2.29. The topological polar surface area (TPSA) is 88.2 Å². The number of halogens is 1. The van der Waals surface area contributed by atoms with Crippen LogP contribution in [0, 0.1) is 27.3 Å². The molecule has 2 atom stereocenters. The van der Waals surface area contributed by atoms with E-state index >= 15 is 0 Å². The van der Waals surface area contributed by atoms with Crippen LogP contribution < -0.4 is 10.1 Å². The van der Waals surface area contributed by atoms with Crippen LogP contribution in [0.5, 0.6) is 5.75 Å². The largest absolute Gasteiger partial charge is 0.484 e. The van der Waals surface area contributed by atoms with Crippen molar-refractivity contribution in [2.45, 2.75) is 38.8 Å². The van der Waals surface area contributed by atoms with E-state index in [0.29, 0.717) is 13.0 Å². The zero-order valence-electron chi connectivity index (χ0n) is 12.2. The molecule has 7 heteroatoms. The van der Waals surface area contributed by atoms with Crippen molar-refractivity contribution in [3.8, 4) is 11.8 Å². The van der Waals surface area contributed by atoms with Crippen LogP contribution in [0.3, 0.4) is 0 Å². The Morgan fingerprint density at radius 1 is 1.62 bits per heavy atom. The predicted octanol–water partition coefficient (Wildman–Crippen LogP) is 2.78. The van der Waals surface area contributed by atoms with E-state index in [4.69, 9.17) is 4.74 Å². The first kappa shape index (κ1) is 16.9. The van der Waals surface area contributed by atoms with Crippen molar-refractivity contribution in [1.82, 2.24) is 5.32 Å². The van der Waals surface area contributed by atoms with Crippen LogP contribution >= 0.6 is 0 Å². The van der Waals surface area contributed by atoms with Crippen LogP contribution in [0.1, 0.15) is 27.2 Å². The normalized spacial score (nSPS) is 14.8. The molecule has 0 saturated carbocycles. The van der Waals surface area contributed by atoms with Gasteiger partial charge in [0.25, 0.3) is 0 Å². The average Bonchev–Trinajstić information content (AvgIpc) is 2.38. The minimum Gasteiger partial charge on any atom is -0.484 e. The number of nitro groups is 1. The van der Waals surface area contributed by atoms with E-state index in [1.165, 1.54) is 0 Å². The maximum Gasteiger partial charge on any atom is 0.311 e. The lowest BCUT2D eigenvalue weighted by Crippen LogP contribution is -2.44. The van der Waals surface area contributed by atoms with E-state index in [2.05, 4.69) is 11.4 Å². The summed E-state index contributed by atoms with van der Waals surface area (Å²) in [5, 5.41) is 23.1. The van der Waals surface area contributed by atoms with Crippen molar-refractivity contribution in [2.24, 2.45) is 0 Å². The molecule has 0 spiro atoms. The second kappa shape index (κ2) is 6.99. The standard InChI is InChI=1S/C14H18FN3O3/c1-4-17-14(3,9-16)8-10(2)21-13-7-11(15)5-6-12(13)18(19)20/h5-7,10,17H,4,8H2,1-3H3. The molecule has 2 unspecified atom stereocenters. The van der Waals surface area contributed by atoms with Gasteiger partial charge in [-0.1, -0.05) is 6.92 Å². The molecule has 21 heavy (non-hydrogen) atoms. The third-order valence-electron chi connectivity index (χ3n) is 2.96. The summed E-state index contributed by atoms with van der Waals surface area (Å²) in [6.07, 6.45) is -0.181. The second-order valence-electron chi connectivity index (χ2n) is 4.98. The van der Waals surface area contributed by atoms with Gasteiger partial charge in [-0.3, -0.25) is 15.4 Å². The van der Waals surface area contributed by atoms with E-state index in [9.17, 15) is 19.8 Å². The van der Waals surface area contributed by atoms with Crippen LogP contribution in [-0.4, -0.2) is 23.1 Å². The SMILES string of the molecule is CCNC(C)(C#N)CC(C)Oc1cc(F)ccc1[N+](=O)[O-]. The van der Waals surface area contributed by atoms with Crippen LogP contribution in [0.2, 0.25) is 0 Å². The van der Waals surface area contributed by atoms with Gasteiger partial charge in [-0.05, 0) is 26.5 Å². The maximum atomic E-state index is 13.2.